The topological polar surface area (TPSA) is 92.3 Å². The fourth-order valence-electron chi connectivity index (χ4n) is 3.25. The lowest BCUT2D eigenvalue weighted by molar-refractivity contribution is 0.875. The van der Waals surface area contributed by atoms with Crippen molar-refractivity contribution in [3.05, 3.63) is 69.2 Å². The highest BCUT2D eigenvalue weighted by molar-refractivity contribution is 14.1. The molecule has 2 N–H and O–H groups in total. The summed E-state index contributed by atoms with van der Waals surface area (Å²) in [5.74, 6) is 2.38. The Morgan fingerprint density at radius 3 is 2.37 bits per heavy atom. The van der Waals surface area contributed by atoms with Crippen LogP contribution in [0.15, 0.2) is 48.5 Å². The Hall–Kier alpha value is -2.88. The van der Waals surface area contributed by atoms with Gasteiger partial charge >= 0.3 is 0 Å². The van der Waals surface area contributed by atoms with E-state index in [0.717, 1.165) is 50.4 Å². The molecule has 0 saturated heterocycles. The number of halogens is 1. The molecule has 0 aliphatic carbocycles. The van der Waals surface area contributed by atoms with Crippen LogP contribution in [0, 0.1) is 3.57 Å². The zero-order chi connectivity index (χ0) is 20.9. The van der Waals surface area contributed by atoms with Gasteiger partial charge in [0.15, 0.2) is 0 Å². The van der Waals surface area contributed by atoms with Crippen LogP contribution >= 0.6 is 22.6 Å². The molecule has 2 aromatic carbocycles. The van der Waals surface area contributed by atoms with Crippen molar-refractivity contribution in [1.82, 2.24) is 30.6 Å². The number of tetrazole rings is 1. The molecule has 4 aromatic rings. The van der Waals surface area contributed by atoms with Crippen molar-refractivity contribution >= 4 is 28.4 Å². The van der Waals surface area contributed by atoms with Crippen LogP contribution in [0.4, 0.5) is 5.82 Å². The largest absolute Gasteiger partial charge is 0.365 e. The van der Waals surface area contributed by atoms with Crippen molar-refractivity contribution in [3.63, 3.8) is 0 Å². The number of aryl methyl sites for hydroxylation is 2. The Bertz CT molecular complexity index is 1120. The molecule has 0 aliphatic heterocycles. The van der Waals surface area contributed by atoms with Crippen LogP contribution in [-0.4, -0.2) is 30.6 Å². The van der Waals surface area contributed by atoms with Crippen LogP contribution in [0.25, 0.3) is 22.5 Å². The van der Waals surface area contributed by atoms with Crippen molar-refractivity contribution in [1.29, 1.82) is 0 Å². The van der Waals surface area contributed by atoms with Gasteiger partial charge in [-0.2, -0.15) is 5.21 Å². The van der Waals surface area contributed by atoms with Crippen molar-refractivity contribution < 1.29 is 0 Å². The van der Waals surface area contributed by atoms with Gasteiger partial charge in [-0.05, 0) is 50.9 Å². The van der Waals surface area contributed by atoms with Crippen LogP contribution in [0.5, 0.6) is 0 Å². The monoisotopic (exact) mass is 511 g/mol. The normalized spacial score (nSPS) is 10.9. The van der Waals surface area contributed by atoms with E-state index >= 15 is 0 Å². The number of hydrogen-bond donors (Lipinski definition) is 2. The van der Waals surface area contributed by atoms with Gasteiger partial charge in [0.2, 0.25) is 5.82 Å². The molecule has 0 radical (unpaired) electrons. The number of H-pyrrole nitrogens is 1. The summed E-state index contributed by atoms with van der Waals surface area (Å²) in [4.78, 5) is 9.29. The van der Waals surface area contributed by atoms with Crippen LogP contribution < -0.4 is 5.32 Å². The van der Waals surface area contributed by atoms with E-state index < -0.39 is 0 Å². The Labute approximate surface area is 188 Å². The molecule has 8 heteroatoms. The number of nitrogens with one attached hydrogen (secondary N) is 2. The Balaban J connectivity index is 1.54. The van der Waals surface area contributed by atoms with Crippen molar-refractivity contribution in [3.8, 4) is 22.5 Å². The van der Waals surface area contributed by atoms with Crippen molar-refractivity contribution in [2.45, 2.75) is 33.2 Å². The first kappa shape index (κ1) is 20.4. The van der Waals surface area contributed by atoms with E-state index in [-0.39, 0.29) is 0 Å². The fraction of sp³-hybridized carbons (Fsp3) is 0.227. The Kier molecular flexibility index (Phi) is 6.32. The van der Waals surface area contributed by atoms with Crippen molar-refractivity contribution in [2.24, 2.45) is 0 Å². The molecular formula is C22H22IN7. The van der Waals surface area contributed by atoms with Gasteiger partial charge in [-0.25, -0.2) is 9.97 Å². The number of rotatable bonds is 7. The van der Waals surface area contributed by atoms with Crippen LogP contribution in [0.3, 0.4) is 0 Å². The lowest BCUT2D eigenvalue weighted by Crippen LogP contribution is -2.09. The lowest BCUT2D eigenvalue weighted by Gasteiger charge is -2.12. The zero-order valence-corrected chi connectivity index (χ0v) is 19.0. The van der Waals surface area contributed by atoms with E-state index in [0.29, 0.717) is 12.4 Å². The summed E-state index contributed by atoms with van der Waals surface area (Å²) in [5, 5.41) is 17.9. The highest BCUT2D eigenvalue weighted by atomic mass is 127. The fourth-order valence-corrected chi connectivity index (χ4v) is 4.06. The minimum Gasteiger partial charge on any atom is -0.365 e. The first-order chi connectivity index (χ1) is 14.7. The molecular weight excluding hydrogens is 489 g/mol. The molecule has 0 bridgehead atoms. The molecule has 0 fully saturated rings. The van der Waals surface area contributed by atoms with Gasteiger partial charge in [0, 0.05) is 18.5 Å². The van der Waals surface area contributed by atoms with Crippen LogP contribution in [-0.2, 0) is 19.4 Å². The van der Waals surface area contributed by atoms with E-state index in [9.17, 15) is 0 Å². The Morgan fingerprint density at radius 1 is 0.933 bits per heavy atom. The maximum absolute atomic E-state index is 4.67. The Morgan fingerprint density at radius 2 is 1.70 bits per heavy atom. The van der Waals surface area contributed by atoms with Crippen molar-refractivity contribution in [2.75, 3.05) is 5.32 Å². The molecule has 0 aliphatic rings. The average Bonchev–Trinajstić information content (AvgIpc) is 3.33. The van der Waals surface area contributed by atoms with E-state index in [1.807, 2.05) is 18.2 Å². The number of aromatic nitrogens is 6. The molecule has 0 spiro atoms. The third-order valence-corrected chi connectivity index (χ3v) is 5.99. The molecule has 0 saturated carbocycles. The smallest absolute Gasteiger partial charge is 0.205 e. The third-order valence-electron chi connectivity index (χ3n) is 4.86. The van der Waals surface area contributed by atoms with Gasteiger partial charge in [-0.3, -0.25) is 0 Å². The summed E-state index contributed by atoms with van der Waals surface area (Å²) in [6.07, 6.45) is 1.73. The average molecular weight is 511 g/mol. The van der Waals surface area contributed by atoms with Gasteiger partial charge in [-0.15, -0.1) is 10.2 Å². The SMILES string of the molecule is CCc1nc(CC)c(I)c(NCc2ccc(-c3ccccc3-c3nn[nH]n3)cc2)n1. The number of hydrogen-bond acceptors (Lipinski definition) is 6. The summed E-state index contributed by atoms with van der Waals surface area (Å²) in [6, 6.07) is 16.6. The molecule has 30 heavy (non-hydrogen) atoms. The van der Waals surface area contributed by atoms with E-state index in [2.05, 4.69) is 103 Å². The number of aromatic amines is 1. The summed E-state index contributed by atoms with van der Waals surface area (Å²) < 4.78 is 1.10. The number of nitrogens with zero attached hydrogens (tertiary/aromatic N) is 5. The highest BCUT2D eigenvalue weighted by Crippen LogP contribution is 2.30. The molecule has 152 valence electrons. The van der Waals surface area contributed by atoms with Crippen LogP contribution in [0.2, 0.25) is 0 Å². The molecule has 2 aromatic heterocycles. The first-order valence-corrected chi connectivity index (χ1v) is 11.0. The second kappa shape index (κ2) is 9.29. The first-order valence-electron chi connectivity index (χ1n) is 9.90. The molecule has 2 heterocycles. The summed E-state index contributed by atoms with van der Waals surface area (Å²) >= 11 is 2.33. The molecule has 0 atom stereocenters. The lowest BCUT2D eigenvalue weighted by atomic mass is 9.98. The van der Waals surface area contributed by atoms with Gasteiger partial charge in [0.05, 0.1) is 9.26 Å². The van der Waals surface area contributed by atoms with E-state index in [1.165, 1.54) is 5.56 Å². The molecule has 0 unspecified atom stereocenters. The highest BCUT2D eigenvalue weighted by Gasteiger charge is 2.12. The quantitative estimate of drug-likeness (QED) is 0.351. The standard InChI is InChI=1S/C22H22IN7/c1-3-18-20(23)22(26-19(4-2)25-18)24-13-14-9-11-15(12-10-14)16-7-5-6-8-17(16)21-27-29-30-28-21/h5-12H,3-4,13H2,1-2H3,(H,24,25,26)(H,27,28,29,30). The van der Waals surface area contributed by atoms with Gasteiger partial charge in [-0.1, -0.05) is 62.4 Å². The predicted molar refractivity (Wildman–Crippen MR) is 126 cm³/mol. The summed E-state index contributed by atoms with van der Waals surface area (Å²) in [5.41, 5.74) is 5.41. The zero-order valence-electron chi connectivity index (χ0n) is 16.9. The van der Waals surface area contributed by atoms with Gasteiger partial charge in [0.25, 0.3) is 0 Å². The predicted octanol–water partition coefficient (Wildman–Crippen LogP) is 4.67. The molecule has 7 nitrogen and oxygen atoms in total. The summed E-state index contributed by atoms with van der Waals surface area (Å²) in [7, 11) is 0. The molecule has 0 amide bonds. The minimum absolute atomic E-state index is 0.591. The van der Waals surface area contributed by atoms with Gasteiger partial charge < -0.3 is 5.32 Å². The maximum Gasteiger partial charge on any atom is 0.205 e. The van der Waals surface area contributed by atoms with Crippen LogP contribution in [0.1, 0.15) is 30.9 Å². The maximum atomic E-state index is 4.67. The number of anilines is 1. The van der Waals surface area contributed by atoms with Gasteiger partial charge in [0.1, 0.15) is 11.6 Å². The van der Waals surface area contributed by atoms with E-state index in [1.54, 1.807) is 0 Å². The molecule has 4 rings (SSSR count). The third kappa shape index (κ3) is 4.33. The second-order valence-corrected chi connectivity index (χ2v) is 7.87. The summed E-state index contributed by atoms with van der Waals surface area (Å²) in [6.45, 7) is 4.90. The minimum atomic E-state index is 0.591. The van der Waals surface area contributed by atoms with E-state index in [4.69, 9.17) is 0 Å². The number of benzene rings is 2. The second-order valence-electron chi connectivity index (χ2n) is 6.79.